The molecule has 0 saturated carbocycles. The Morgan fingerprint density at radius 3 is 2.62 bits per heavy atom. The smallest absolute Gasteiger partial charge is 0.200 e. The molecule has 0 fully saturated rings. The molecule has 0 heterocycles. The molecular formula is C9H13NOP2. The van der Waals surface area contributed by atoms with Crippen LogP contribution in [-0.2, 0) is 0 Å². The summed E-state index contributed by atoms with van der Waals surface area (Å²) in [6, 6.07) is 9.77. The molecule has 0 amide bonds. The van der Waals surface area contributed by atoms with Crippen LogP contribution in [0.4, 0.5) is 0 Å². The lowest BCUT2D eigenvalue weighted by molar-refractivity contribution is 0.633. The first-order valence-electron chi connectivity index (χ1n) is 4.16. The monoisotopic (exact) mass is 213 g/mol. The number of hydrogen-bond donors (Lipinski definition) is 0. The van der Waals surface area contributed by atoms with E-state index in [1.54, 1.807) is 0 Å². The fraction of sp³-hybridized carbons (Fsp3) is 0.333. The second-order valence-corrected chi connectivity index (χ2v) is 5.27. The topological polar surface area (TPSA) is 21.6 Å². The van der Waals surface area contributed by atoms with Gasteiger partial charge in [-0.05, 0) is 12.1 Å². The van der Waals surface area contributed by atoms with Gasteiger partial charge in [0.15, 0.2) is 8.96 Å². The van der Waals surface area contributed by atoms with E-state index in [1.165, 1.54) is 0 Å². The number of nitrogens with zero attached hydrogens (tertiary/aromatic N) is 1. The van der Waals surface area contributed by atoms with Crippen molar-refractivity contribution in [2.24, 2.45) is 4.52 Å². The highest BCUT2D eigenvalue weighted by atomic mass is 31.1. The van der Waals surface area contributed by atoms with E-state index in [1.807, 2.05) is 30.3 Å². The van der Waals surface area contributed by atoms with Crippen molar-refractivity contribution < 1.29 is 4.52 Å². The van der Waals surface area contributed by atoms with Crippen LogP contribution in [0.3, 0.4) is 0 Å². The number of benzene rings is 1. The number of para-hydroxylation sites is 1. The molecule has 0 saturated heterocycles. The summed E-state index contributed by atoms with van der Waals surface area (Å²) in [4.78, 5) is 0. The summed E-state index contributed by atoms with van der Waals surface area (Å²) in [7, 11) is 1.32. The van der Waals surface area contributed by atoms with Crippen LogP contribution in [0.5, 0.6) is 5.75 Å². The van der Waals surface area contributed by atoms with Gasteiger partial charge in [-0.3, -0.25) is 0 Å². The van der Waals surface area contributed by atoms with Gasteiger partial charge in [-0.25, -0.2) is 4.52 Å². The SMILES string of the molecule is CC(C)P=NPOc1ccccc1. The quantitative estimate of drug-likeness (QED) is 0.689. The number of rotatable bonds is 4. The van der Waals surface area contributed by atoms with Crippen molar-refractivity contribution in [1.29, 1.82) is 0 Å². The zero-order valence-electron chi connectivity index (χ0n) is 7.77. The van der Waals surface area contributed by atoms with Gasteiger partial charge < -0.3 is 4.52 Å². The van der Waals surface area contributed by atoms with E-state index in [-0.39, 0.29) is 8.96 Å². The van der Waals surface area contributed by atoms with Crippen LogP contribution in [0, 0.1) is 0 Å². The fourth-order valence-electron chi connectivity index (χ4n) is 0.701. The van der Waals surface area contributed by atoms with Gasteiger partial charge >= 0.3 is 0 Å². The highest BCUT2D eigenvalue weighted by molar-refractivity contribution is 7.42. The Bertz CT molecular complexity index is 262. The zero-order valence-corrected chi connectivity index (χ0v) is 9.66. The molecule has 13 heavy (non-hydrogen) atoms. The van der Waals surface area contributed by atoms with E-state index in [0.29, 0.717) is 5.66 Å². The van der Waals surface area contributed by atoms with Gasteiger partial charge in [0, 0.05) is 14.0 Å². The molecule has 70 valence electrons. The summed E-state index contributed by atoms with van der Waals surface area (Å²) >= 11 is 0. The first-order chi connectivity index (χ1) is 6.29. The van der Waals surface area contributed by atoms with Crippen molar-refractivity contribution in [2.75, 3.05) is 0 Å². The summed E-state index contributed by atoms with van der Waals surface area (Å²) in [5, 5.41) is 0. The molecule has 0 aliphatic heterocycles. The second-order valence-electron chi connectivity index (χ2n) is 2.82. The van der Waals surface area contributed by atoms with Crippen LogP contribution in [-0.4, -0.2) is 5.66 Å². The molecule has 4 heteroatoms. The van der Waals surface area contributed by atoms with Gasteiger partial charge in [-0.15, -0.1) is 0 Å². The van der Waals surface area contributed by atoms with E-state index >= 15 is 0 Å². The van der Waals surface area contributed by atoms with Crippen LogP contribution >= 0.6 is 17.3 Å². The Labute approximate surface area is 82.5 Å². The van der Waals surface area contributed by atoms with Gasteiger partial charge in [-0.1, -0.05) is 32.0 Å². The molecule has 0 spiro atoms. The Kier molecular flexibility index (Phi) is 4.97. The third-order valence-electron chi connectivity index (χ3n) is 1.24. The van der Waals surface area contributed by atoms with E-state index in [9.17, 15) is 0 Å². The van der Waals surface area contributed by atoms with E-state index < -0.39 is 0 Å². The summed E-state index contributed by atoms with van der Waals surface area (Å²) in [5.41, 5.74) is 0.590. The van der Waals surface area contributed by atoms with Crippen LogP contribution in [0.15, 0.2) is 34.8 Å². The molecule has 0 N–H and O–H groups in total. The van der Waals surface area contributed by atoms with Crippen LogP contribution < -0.4 is 4.52 Å². The van der Waals surface area contributed by atoms with Crippen molar-refractivity contribution in [3.8, 4) is 5.75 Å². The van der Waals surface area contributed by atoms with Crippen molar-refractivity contribution in [2.45, 2.75) is 19.5 Å². The Morgan fingerprint density at radius 2 is 2.00 bits per heavy atom. The van der Waals surface area contributed by atoms with Gasteiger partial charge in [0.25, 0.3) is 0 Å². The minimum atomic E-state index is 0.215. The Hall–Kier alpha value is -0.450. The second kappa shape index (κ2) is 6.07. The summed E-state index contributed by atoms with van der Waals surface area (Å²) in [6.07, 6.45) is 0. The van der Waals surface area contributed by atoms with E-state index in [4.69, 9.17) is 4.52 Å². The third-order valence-corrected chi connectivity index (χ3v) is 2.81. The molecule has 2 nitrogen and oxygen atoms in total. The zero-order chi connectivity index (χ0) is 9.52. The van der Waals surface area contributed by atoms with Crippen LogP contribution in [0.2, 0.25) is 0 Å². The van der Waals surface area contributed by atoms with Crippen molar-refractivity contribution >= 4 is 17.3 Å². The predicted molar refractivity (Wildman–Crippen MR) is 59.9 cm³/mol. The van der Waals surface area contributed by atoms with Gasteiger partial charge in [0.05, 0.1) is 0 Å². The lowest BCUT2D eigenvalue weighted by Gasteiger charge is -1.99. The normalized spacial score (nSPS) is 11.9. The molecule has 1 rings (SSSR count). The van der Waals surface area contributed by atoms with Crippen molar-refractivity contribution in [3.63, 3.8) is 0 Å². The largest absolute Gasteiger partial charge is 0.454 e. The summed E-state index contributed by atoms with van der Waals surface area (Å²) in [6.45, 7) is 4.27. The molecule has 1 atom stereocenters. The predicted octanol–water partition coefficient (Wildman–Crippen LogP) is 4.11. The first-order valence-corrected chi connectivity index (χ1v) is 5.93. The summed E-state index contributed by atoms with van der Waals surface area (Å²) < 4.78 is 9.65. The van der Waals surface area contributed by atoms with Crippen LogP contribution in [0.25, 0.3) is 0 Å². The molecule has 1 aromatic rings. The average molecular weight is 213 g/mol. The Morgan fingerprint density at radius 1 is 1.31 bits per heavy atom. The van der Waals surface area contributed by atoms with E-state index in [2.05, 4.69) is 18.4 Å². The molecule has 0 aromatic heterocycles. The molecule has 0 radical (unpaired) electrons. The molecular weight excluding hydrogens is 200 g/mol. The maximum atomic E-state index is 5.41. The highest BCUT2D eigenvalue weighted by Gasteiger charge is 1.89. The fourth-order valence-corrected chi connectivity index (χ4v) is 2.22. The van der Waals surface area contributed by atoms with Crippen molar-refractivity contribution in [1.82, 2.24) is 0 Å². The van der Waals surface area contributed by atoms with Crippen LogP contribution in [0.1, 0.15) is 13.8 Å². The average Bonchev–Trinajstić information content (AvgIpc) is 2.14. The molecule has 0 aliphatic carbocycles. The lowest BCUT2D eigenvalue weighted by atomic mass is 10.3. The third kappa shape index (κ3) is 4.98. The standard InChI is InChI=1S/C9H13NOP2/c1-8(2)12-10-13-11-9-6-4-3-5-7-9/h3-8,13H,1-2H3. The first kappa shape index (κ1) is 10.6. The summed E-state index contributed by atoms with van der Waals surface area (Å²) in [5.74, 6) is 0.892. The van der Waals surface area contributed by atoms with Gasteiger partial charge in [0.1, 0.15) is 5.75 Å². The highest BCUT2D eigenvalue weighted by Crippen LogP contribution is 2.25. The molecule has 1 unspecified atom stereocenters. The molecule has 1 aromatic carbocycles. The van der Waals surface area contributed by atoms with Crippen molar-refractivity contribution in [3.05, 3.63) is 30.3 Å². The minimum absolute atomic E-state index is 0.215. The maximum absolute atomic E-state index is 5.41. The van der Waals surface area contributed by atoms with E-state index in [0.717, 1.165) is 14.1 Å². The Balaban J connectivity index is 2.28. The molecule has 0 bridgehead atoms. The lowest BCUT2D eigenvalue weighted by Crippen LogP contribution is -1.75. The maximum Gasteiger partial charge on any atom is 0.200 e. The van der Waals surface area contributed by atoms with Gasteiger partial charge in [-0.2, -0.15) is 0 Å². The molecule has 0 aliphatic rings. The van der Waals surface area contributed by atoms with Gasteiger partial charge in [0.2, 0.25) is 0 Å². The number of hydrogen-bond acceptors (Lipinski definition) is 2. The minimum Gasteiger partial charge on any atom is -0.454 e.